The van der Waals surface area contributed by atoms with Gasteiger partial charge in [-0.2, -0.15) is 0 Å². The third-order valence-electron chi connectivity index (χ3n) is 4.44. The summed E-state index contributed by atoms with van der Waals surface area (Å²) in [7, 11) is 0. The van der Waals surface area contributed by atoms with Gasteiger partial charge in [-0.15, -0.1) is 0 Å². The van der Waals surface area contributed by atoms with Gasteiger partial charge in [0.25, 0.3) is 0 Å². The Labute approximate surface area is 148 Å². The van der Waals surface area contributed by atoms with Crippen molar-refractivity contribution in [3.8, 4) is 0 Å². The number of carboxylic acid groups (broad SMARTS) is 1. The van der Waals surface area contributed by atoms with Crippen molar-refractivity contribution in [2.24, 2.45) is 17.8 Å². The van der Waals surface area contributed by atoms with Gasteiger partial charge in [0.2, 0.25) is 0 Å². The molecule has 2 N–H and O–H groups in total. The first-order valence-corrected chi connectivity index (χ1v) is 8.77. The number of aliphatic carboxylic acids is 1. The molecule has 142 valence electrons. The van der Waals surface area contributed by atoms with Crippen molar-refractivity contribution in [2.75, 3.05) is 32.8 Å². The Morgan fingerprint density at radius 2 is 1.76 bits per heavy atom. The van der Waals surface area contributed by atoms with Crippen LogP contribution >= 0.6 is 0 Å². The first kappa shape index (κ1) is 21.3. The molecule has 0 aromatic carbocycles. The van der Waals surface area contributed by atoms with E-state index < -0.39 is 23.8 Å². The second-order valence-electron chi connectivity index (χ2n) is 6.60. The minimum atomic E-state index is -0.986. The predicted octanol–water partition coefficient (Wildman–Crippen LogP) is 1.11. The molecule has 0 aromatic heterocycles. The quantitative estimate of drug-likeness (QED) is 0.422. The molecule has 0 saturated carbocycles. The van der Waals surface area contributed by atoms with E-state index in [0.29, 0.717) is 38.9 Å². The monoisotopic (exact) mass is 355 g/mol. The topological polar surface area (TPSA) is 104 Å². The maximum Gasteiger partial charge on any atom is 0.310 e. The summed E-state index contributed by atoms with van der Waals surface area (Å²) in [5, 5.41) is 18.3. The maximum atomic E-state index is 12.2. The number of carboxylic acids is 1. The third kappa shape index (κ3) is 7.36. The van der Waals surface area contributed by atoms with E-state index in [1.54, 1.807) is 12.2 Å². The first-order chi connectivity index (χ1) is 11.9. The summed E-state index contributed by atoms with van der Waals surface area (Å²) in [6.45, 7) is 5.05. The fourth-order valence-electron chi connectivity index (χ4n) is 2.76. The normalized spacial score (nSPS) is 20.0. The number of ether oxygens (including phenoxy) is 1. The number of rotatable bonds is 11. The van der Waals surface area contributed by atoms with Gasteiger partial charge in [0.1, 0.15) is 12.4 Å². The van der Waals surface area contributed by atoms with Gasteiger partial charge in [-0.3, -0.25) is 19.3 Å². The van der Waals surface area contributed by atoms with Crippen LogP contribution in [0.3, 0.4) is 0 Å². The van der Waals surface area contributed by atoms with E-state index in [2.05, 4.69) is 0 Å². The van der Waals surface area contributed by atoms with Gasteiger partial charge >= 0.3 is 11.9 Å². The lowest BCUT2D eigenvalue weighted by molar-refractivity contribution is -0.158. The molecule has 1 rings (SSSR count). The van der Waals surface area contributed by atoms with Gasteiger partial charge in [0.15, 0.2) is 0 Å². The van der Waals surface area contributed by atoms with Crippen LogP contribution in [0.25, 0.3) is 0 Å². The van der Waals surface area contributed by atoms with Crippen LogP contribution in [0, 0.1) is 17.8 Å². The number of aliphatic hydroxyl groups is 1. The molecule has 2 unspecified atom stereocenters. The number of Topliss-reactive ketones (excluding diaryl/α,β-unsaturated/α-hetero) is 1. The van der Waals surface area contributed by atoms with E-state index in [1.165, 1.54) is 0 Å². The summed E-state index contributed by atoms with van der Waals surface area (Å²) in [6.07, 6.45) is 4.68. The zero-order valence-corrected chi connectivity index (χ0v) is 15.0. The zero-order valence-electron chi connectivity index (χ0n) is 15.0. The fraction of sp³-hybridized carbons (Fsp3) is 0.722. The number of aliphatic hydroxyl groups excluding tert-OH is 1. The van der Waals surface area contributed by atoms with Gasteiger partial charge in [-0.05, 0) is 12.8 Å². The lowest BCUT2D eigenvalue weighted by Crippen LogP contribution is -2.36. The van der Waals surface area contributed by atoms with Crippen molar-refractivity contribution < 1.29 is 29.3 Å². The van der Waals surface area contributed by atoms with Gasteiger partial charge < -0.3 is 14.9 Å². The second kappa shape index (κ2) is 11.0. The van der Waals surface area contributed by atoms with Crippen LogP contribution in [0.1, 0.15) is 33.1 Å². The number of esters is 1. The number of carbonyl (C=O) groups is 3. The summed E-state index contributed by atoms with van der Waals surface area (Å²) in [6, 6.07) is 0. The van der Waals surface area contributed by atoms with E-state index in [1.807, 2.05) is 18.7 Å². The molecule has 0 aliphatic heterocycles. The molecule has 7 nitrogen and oxygen atoms in total. The Kier molecular flexibility index (Phi) is 9.37. The van der Waals surface area contributed by atoms with Crippen LogP contribution in [0.2, 0.25) is 0 Å². The standard InChI is InChI=1S/C18H29NO6/c1-13(2)16(21)7-8-19(9-11-20)10-12-25-18(24)15-6-4-3-5-14(15)17(22)23/h3-4,13-15,20H,5-12H2,1-2H3,(H,22,23). The molecule has 0 amide bonds. The molecule has 1 aliphatic carbocycles. The lowest BCUT2D eigenvalue weighted by atomic mass is 9.83. The number of carbonyl (C=O) groups excluding carboxylic acids is 2. The van der Waals surface area contributed by atoms with Crippen molar-refractivity contribution in [3.63, 3.8) is 0 Å². The molecule has 0 bridgehead atoms. The highest BCUT2D eigenvalue weighted by Gasteiger charge is 2.35. The van der Waals surface area contributed by atoms with E-state index in [-0.39, 0.29) is 24.9 Å². The molecule has 0 saturated heterocycles. The van der Waals surface area contributed by atoms with Crippen LogP contribution in [-0.2, 0) is 19.1 Å². The number of hydrogen-bond acceptors (Lipinski definition) is 6. The highest BCUT2D eigenvalue weighted by atomic mass is 16.5. The molecular formula is C18H29NO6. The van der Waals surface area contributed by atoms with Gasteiger partial charge in [-0.1, -0.05) is 26.0 Å². The van der Waals surface area contributed by atoms with Gasteiger partial charge in [0, 0.05) is 32.0 Å². The molecule has 0 aromatic rings. The molecule has 1 aliphatic rings. The molecule has 7 heteroatoms. The predicted molar refractivity (Wildman–Crippen MR) is 91.9 cm³/mol. The van der Waals surface area contributed by atoms with Gasteiger partial charge in [0.05, 0.1) is 18.4 Å². The highest BCUT2D eigenvalue weighted by Crippen LogP contribution is 2.26. The smallest absolute Gasteiger partial charge is 0.310 e. The average Bonchev–Trinajstić information content (AvgIpc) is 2.58. The molecule has 2 atom stereocenters. The molecule has 0 radical (unpaired) electrons. The van der Waals surface area contributed by atoms with E-state index >= 15 is 0 Å². The summed E-state index contributed by atoms with van der Waals surface area (Å²) in [5.41, 5.74) is 0. The van der Waals surface area contributed by atoms with Crippen LogP contribution in [0.5, 0.6) is 0 Å². The zero-order chi connectivity index (χ0) is 18.8. The number of hydrogen-bond donors (Lipinski definition) is 2. The van der Waals surface area contributed by atoms with Crippen LogP contribution < -0.4 is 0 Å². The SMILES string of the molecule is CC(C)C(=O)CCN(CCO)CCOC(=O)C1CC=CCC1C(=O)O. The summed E-state index contributed by atoms with van der Waals surface area (Å²) in [5.74, 6) is -2.76. The van der Waals surface area contributed by atoms with E-state index in [9.17, 15) is 19.5 Å². The minimum Gasteiger partial charge on any atom is -0.481 e. The Morgan fingerprint density at radius 1 is 1.12 bits per heavy atom. The Morgan fingerprint density at radius 3 is 2.32 bits per heavy atom. The fourth-order valence-corrected chi connectivity index (χ4v) is 2.76. The van der Waals surface area contributed by atoms with Crippen LogP contribution in [0.4, 0.5) is 0 Å². The van der Waals surface area contributed by atoms with Crippen molar-refractivity contribution >= 4 is 17.7 Å². The lowest BCUT2D eigenvalue weighted by Gasteiger charge is -2.25. The van der Waals surface area contributed by atoms with Crippen molar-refractivity contribution in [1.82, 2.24) is 4.90 Å². The number of nitrogens with zero attached hydrogens (tertiary/aromatic N) is 1. The molecule has 0 heterocycles. The second-order valence-corrected chi connectivity index (χ2v) is 6.60. The van der Waals surface area contributed by atoms with E-state index in [0.717, 1.165) is 0 Å². The summed E-state index contributed by atoms with van der Waals surface area (Å²) >= 11 is 0. The van der Waals surface area contributed by atoms with Crippen molar-refractivity contribution in [3.05, 3.63) is 12.2 Å². The maximum absolute atomic E-state index is 12.2. The minimum absolute atomic E-state index is 0.0267. The Bertz CT molecular complexity index is 488. The number of allylic oxidation sites excluding steroid dienone is 2. The number of ketones is 1. The largest absolute Gasteiger partial charge is 0.481 e. The van der Waals surface area contributed by atoms with Crippen LogP contribution in [-0.4, -0.2) is 65.7 Å². The van der Waals surface area contributed by atoms with Gasteiger partial charge in [-0.25, -0.2) is 0 Å². The summed E-state index contributed by atoms with van der Waals surface area (Å²) < 4.78 is 5.25. The first-order valence-electron chi connectivity index (χ1n) is 8.77. The molecule has 0 spiro atoms. The van der Waals surface area contributed by atoms with Crippen molar-refractivity contribution in [2.45, 2.75) is 33.1 Å². The Balaban J connectivity index is 2.43. The molecule has 0 fully saturated rings. The summed E-state index contributed by atoms with van der Waals surface area (Å²) in [4.78, 5) is 37.0. The van der Waals surface area contributed by atoms with Crippen molar-refractivity contribution in [1.29, 1.82) is 0 Å². The van der Waals surface area contributed by atoms with E-state index in [4.69, 9.17) is 9.84 Å². The van der Waals surface area contributed by atoms with Crippen LogP contribution in [0.15, 0.2) is 12.2 Å². The average molecular weight is 355 g/mol. The molecular weight excluding hydrogens is 326 g/mol. The Hall–Kier alpha value is -1.73. The molecule has 25 heavy (non-hydrogen) atoms. The third-order valence-corrected chi connectivity index (χ3v) is 4.44. The highest BCUT2D eigenvalue weighted by molar-refractivity contribution is 5.82.